The monoisotopic (exact) mass is 288 g/mol. The minimum atomic E-state index is 0.149. The third-order valence-electron chi connectivity index (χ3n) is 4.39. The van der Waals surface area contributed by atoms with E-state index in [1.165, 1.54) is 12.8 Å². The Morgan fingerprint density at radius 2 is 1.90 bits per heavy atom. The number of hydrogen-bond donors (Lipinski definition) is 0. The largest absolute Gasteiger partial charge is 0.345 e. The summed E-state index contributed by atoms with van der Waals surface area (Å²) in [6.45, 7) is 5.07. The molecule has 1 atom stereocenters. The van der Waals surface area contributed by atoms with Gasteiger partial charge in [-0.15, -0.1) is 0 Å². The summed E-state index contributed by atoms with van der Waals surface area (Å²) in [6.07, 6.45) is 4.06. The molecule has 1 unspecified atom stereocenters. The van der Waals surface area contributed by atoms with Crippen LogP contribution in [0.4, 0.5) is 5.69 Å². The summed E-state index contributed by atoms with van der Waals surface area (Å²) in [5, 5.41) is 0.698. The van der Waals surface area contributed by atoms with Crippen LogP contribution in [0.3, 0.4) is 0 Å². The lowest BCUT2D eigenvalue weighted by Gasteiger charge is -2.45. The van der Waals surface area contributed by atoms with Crippen molar-refractivity contribution in [1.29, 1.82) is 0 Å². The lowest BCUT2D eigenvalue weighted by Crippen LogP contribution is -2.58. The number of piperidine rings is 1. The fourth-order valence-corrected chi connectivity index (χ4v) is 3.80. The van der Waals surface area contributed by atoms with Crippen molar-refractivity contribution in [2.75, 3.05) is 11.4 Å². The first-order valence-corrected chi connectivity index (χ1v) is 7.70. The molecule has 1 amide bonds. The molecule has 0 bridgehead atoms. The molecule has 3 nitrogen and oxygen atoms in total. The van der Waals surface area contributed by atoms with E-state index in [0.717, 1.165) is 29.8 Å². The van der Waals surface area contributed by atoms with E-state index >= 15 is 0 Å². The van der Waals surface area contributed by atoms with Crippen molar-refractivity contribution in [3.63, 3.8) is 0 Å². The first kappa shape index (κ1) is 13.6. The number of aryl methyl sites for hydroxylation is 2. The Bertz CT molecular complexity index is 549. The Morgan fingerprint density at radius 1 is 1.20 bits per heavy atom. The number of fused-ring (bicyclic) bond motifs is 1. The molecule has 0 aliphatic carbocycles. The summed E-state index contributed by atoms with van der Waals surface area (Å²) in [5.41, 5.74) is 3.19. The molecular formula is C16H20N2OS. The molecule has 20 heavy (non-hydrogen) atoms. The van der Waals surface area contributed by atoms with Gasteiger partial charge in [0.2, 0.25) is 5.91 Å². The van der Waals surface area contributed by atoms with Gasteiger partial charge in [0.1, 0.15) is 0 Å². The van der Waals surface area contributed by atoms with E-state index < -0.39 is 0 Å². The zero-order chi connectivity index (χ0) is 14.3. The summed E-state index contributed by atoms with van der Waals surface area (Å²) >= 11 is 5.63. The smallest absolute Gasteiger partial charge is 0.235 e. The van der Waals surface area contributed by atoms with Crippen molar-refractivity contribution in [3.05, 3.63) is 29.3 Å². The highest BCUT2D eigenvalue weighted by atomic mass is 32.1. The van der Waals surface area contributed by atoms with Crippen molar-refractivity contribution >= 4 is 28.9 Å². The first-order chi connectivity index (χ1) is 9.59. The average molecular weight is 288 g/mol. The van der Waals surface area contributed by atoms with E-state index in [2.05, 4.69) is 4.90 Å². The number of amides is 1. The minimum Gasteiger partial charge on any atom is -0.345 e. The molecule has 2 heterocycles. The second-order valence-electron chi connectivity index (χ2n) is 5.80. The number of thiocarbonyl (C=S) groups is 1. The summed E-state index contributed by atoms with van der Waals surface area (Å²) in [6, 6.07) is 6.43. The van der Waals surface area contributed by atoms with E-state index in [-0.39, 0.29) is 5.91 Å². The van der Waals surface area contributed by atoms with Crippen LogP contribution in [0.25, 0.3) is 0 Å². The van der Waals surface area contributed by atoms with E-state index in [1.54, 1.807) is 4.90 Å². The van der Waals surface area contributed by atoms with Crippen LogP contribution in [0.15, 0.2) is 18.2 Å². The molecule has 4 heteroatoms. The summed E-state index contributed by atoms with van der Waals surface area (Å²) in [7, 11) is 0. The van der Waals surface area contributed by atoms with Gasteiger partial charge in [-0.1, -0.05) is 18.2 Å². The fraction of sp³-hybridized carbons (Fsp3) is 0.500. The fourth-order valence-electron chi connectivity index (χ4n) is 3.37. The Morgan fingerprint density at radius 3 is 2.60 bits per heavy atom. The van der Waals surface area contributed by atoms with E-state index in [4.69, 9.17) is 12.2 Å². The van der Waals surface area contributed by atoms with Gasteiger partial charge in [-0.2, -0.15) is 0 Å². The van der Waals surface area contributed by atoms with Gasteiger partial charge in [0, 0.05) is 19.0 Å². The number of carbonyl (C=O) groups is 1. The van der Waals surface area contributed by atoms with Gasteiger partial charge in [-0.25, -0.2) is 0 Å². The van der Waals surface area contributed by atoms with Crippen LogP contribution >= 0.6 is 12.2 Å². The molecule has 0 saturated carbocycles. The molecule has 3 rings (SSSR count). The number of nitrogens with zero attached hydrogens (tertiary/aromatic N) is 2. The maximum atomic E-state index is 12.6. The standard InChI is InChI=1S/C16H20N2OS/c1-11-6-5-7-12(2)15(11)18-14(19)10-13-8-3-4-9-17(13)16(18)20/h5-7,13H,3-4,8-10H2,1-2H3. The van der Waals surface area contributed by atoms with Crippen LogP contribution in [0.1, 0.15) is 36.8 Å². The summed E-state index contributed by atoms with van der Waals surface area (Å²) in [5.74, 6) is 0.149. The lowest BCUT2D eigenvalue weighted by molar-refractivity contribution is -0.120. The number of para-hydroxylation sites is 1. The second-order valence-corrected chi connectivity index (χ2v) is 6.16. The molecule has 0 spiro atoms. The van der Waals surface area contributed by atoms with Crippen molar-refractivity contribution in [2.24, 2.45) is 0 Å². The number of hydrogen-bond acceptors (Lipinski definition) is 2. The van der Waals surface area contributed by atoms with Crippen LogP contribution < -0.4 is 4.90 Å². The van der Waals surface area contributed by atoms with Crippen molar-refractivity contribution in [2.45, 2.75) is 45.6 Å². The van der Waals surface area contributed by atoms with Gasteiger partial charge in [-0.3, -0.25) is 9.69 Å². The van der Waals surface area contributed by atoms with Gasteiger partial charge in [-0.05, 0) is 56.5 Å². The Balaban J connectivity index is 2.00. The first-order valence-electron chi connectivity index (χ1n) is 7.29. The van der Waals surface area contributed by atoms with Gasteiger partial charge in [0.05, 0.1) is 5.69 Å². The van der Waals surface area contributed by atoms with Gasteiger partial charge >= 0.3 is 0 Å². The van der Waals surface area contributed by atoms with Crippen molar-refractivity contribution in [3.8, 4) is 0 Å². The Kier molecular flexibility index (Phi) is 3.50. The molecule has 106 valence electrons. The number of anilines is 1. The third-order valence-corrected chi connectivity index (χ3v) is 4.80. The molecule has 2 saturated heterocycles. The number of benzene rings is 1. The van der Waals surface area contributed by atoms with E-state index in [9.17, 15) is 4.79 Å². The van der Waals surface area contributed by atoms with Crippen molar-refractivity contribution < 1.29 is 4.79 Å². The summed E-state index contributed by atoms with van der Waals surface area (Å²) in [4.78, 5) is 16.6. The molecule has 0 radical (unpaired) electrons. The van der Waals surface area contributed by atoms with Gasteiger partial charge in [0.25, 0.3) is 0 Å². The topological polar surface area (TPSA) is 23.6 Å². The van der Waals surface area contributed by atoms with Gasteiger partial charge < -0.3 is 4.90 Å². The molecule has 1 aromatic rings. The van der Waals surface area contributed by atoms with Crippen LogP contribution in [0, 0.1) is 13.8 Å². The van der Waals surface area contributed by atoms with Crippen molar-refractivity contribution in [1.82, 2.24) is 4.90 Å². The molecule has 2 aliphatic rings. The van der Waals surface area contributed by atoms with Crippen LogP contribution in [-0.4, -0.2) is 28.5 Å². The normalized spacial score (nSPS) is 23.0. The zero-order valence-corrected chi connectivity index (χ0v) is 12.9. The lowest BCUT2D eigenvalue weighted by atomic mass is 9.96. The van der Waals surface area contributed by atoms with Crippen LogP contribution in [0.5, 0.6) is 0 Å². The molecule has 0 aromatic heterocycles. The second kappa shape index (κ2) is 5.17. The highest BCUT2D eigenvalue weighted by Gasteiger charge is 2.38. The van der Waals surface area contributed by atoms with E-state index in [1.807, 2.05) is 32.0 Å². The maximum absolute atomic E-state index is 12.6. The minimum absolute atomic E-state index is 0.149. The number of carbonyl (C=O) groups excluding carboxylic acids is 1. The predicted octanol–water partition coefficient (Wildman–Crippen LogP) is 3.18. The molecule has 1 aromatic carbocycles. The molecule has 2 aliphatic heterocycles. The van der Waals surface area contributed by atoms with Crippen LogP contribution in [-0.2, 0) is 4.79 Å². The summed E-state index contributed by atoms with van der Waals surface area (Å²) < 4.78 is 0. The average Bonchev–Trinajstić information content (AvgIpc) is 2.42. The van der Waals surface area contributed by atoms with E-state index in [0.29, 0.717) is 17.6 Å². The van der Waals surface area contributed by atoms with Crippen LogP contribution in [0.2, 0.25) is 0 Å². The highest BCUT2D eigenvalue weighted by molar-refractivity contribution is 7.80. The highest BCUT2D eigenvalue weighted by Crippen LogP contribution is 2.33. The predicted molar refractivity (Wildman–Crippen MR) is 85.0 cm³/mol. The molecule has 0 N–H and O–H groups in total. The quantitative estimate of drug-likeness (QED) is 0.742. The Labute approximate surface area is 125 Å². The number of rotatable bonds is 1. The maximum Gasteiger partial charge on any atom is 0.235 e. The van der Waals surface area contributed by atoms with Gasteiger partial charge in [0.15, 0.2) is 5.11 Å². The SMILES string of the molecule is Cc1cccc(C)c1N1C(=O)CC2CCCCN2C1=S. The molecule has 2 fully saturated rings. The Hall–Kier alpha value is -1.42. The molecular weight excluding hydrogens is 268 g/mol. The zero-order valence-electron chi connectivity index (χ0n) is 12.1. The third kappa shape index (κ3) is 2.12.